The number of hydrogen-bond donors (Lipinski definition) is 1. The van der Waals surface area contributed by atoms with E-state index in [9.17, 15) is 22.7 Å². The first-order chi connectivity index (χ1) is 23.6. The van der Waals surface area contributed by atoms with E-state index in [1.165, 1.54) is 41.5 Å². The van der Waals surface area contributed by atoms with Gasteiger partial charge in [-0.15, -0.1) is 0 Å². The third-order valence-electron chi connectivity index (χ3n) is 8.64. The van der Waals surface area contributed by atoms with E-state index in [4.69, 9.17) is 23.2 Å². The molecule has 252 valence electrons. The Labute approximate surface area is 295 Å². The third-order valence-corrected chi connectivity index (χ3v) is 11.0. The zero-order valence-electron chi connectivity index (χ0n) is 26.4. The zero-order chi connectivity index (χ0) is 34.5. The van der Waals surface area contributed by atoms with Crippen LogP contribution < -0.4 is 0 Å². The fourth-order valence-electron chi connectivity index (χ4n) is 6.10. The van der Waals surface area contributed by atoms with Crippen molar-refractivity contribution in [1.82, 2.24) is 14.1 Å². The van der Waals surface area contributed by atoms with Gasteiger partial charge in [0.2, 0.25) is 10.0 Å². The van der Waals surface area contributed by atoms with E-state index in [1.54, 1.807) is 24.3 Å². The second-order valence-corrected chi connectivity index (χ2v) is 14.6. The maximum absolute atomic E-state index is 13.9. The van der Waals surface area contributed by atoms with Gasteiger partial charge in [0.15, 0.2) is 5.75 Å². The minimum absolute atomic E-state index is 0.0439. The summed E-state index contributed by atoms with van der Waals surface area (Å²) >= 11 is 12.2. The second-order valence-electron chi connectivity index (χ2n) is 11.9. The van der Waals surface area contributed by atoms with E-state index in [1.807, 2.05) is 41.3 Å². The molecule has 1 aliphatic heterocycles. The lowest BCUT2D eigenvalue weighted by atomic mass is 9.96. The van der Waals surface area contributed by atoms with Crippen molar-refractivity contribution in [2.24, 2.45) is 0 Å². The van der Waals surface area contributed by atoms with Crippen molar-refractivity contribution < 1.29 is 22.7 Å². The van der Waals surface area contributed by atoms with Crippen molar-refractivity contribution >= 4 is 39.1 Å². The summed E-state index contributed by atoms with van der Waals surface area (Å²) in [5.41, 5.74) is 4.03. The first-order valence-corrected chi connectivity index (χ1v) is 17.9. The average Bonchev–Trinajstić information content (AvgIpc) is 3.12. The van der Waals surface area contributed by atoms with E-state index in [2.05, 4.69) is 29.2 Å². The van der Waals surface area contributed by atoms with Crippen molar-refractivity contribution in [3.8, 4) is 5.75 Å². The average molecular weight is 719 g/mol. The van der Waals surface area contributed by atoms with Gasteiger partial charge in [-0.25, -0.2) is 12.8 Å². The number of aromatic hydroxyl groups is 1. The van der Waals surface area contributed by atoms with Gasteiger partial charge in [-0.05, 0) is 58.7 Å². The normalized spacial score (nSPS) is 14.0. The molecule has 0 radical (unpaired) electrons. The minimum Gasteiger partial charge on any atom is -0.505 e. The standard InChI is InChI=1S/C38H34Cl2FN3O4S/c39-32-23-34(40)37(45)35(24-32)49(47,48)44(26-28-13-17-33(41)18-14-28)25-27-11-15-31(16-12-27)38(46)43-21-19-42(20-22-43)36(29-7-3-1-4-8-29)30-9-5-2-6-10-30/h1-18,23-24,36,45H,19-22,25-26H2. The molecule has 0 aromatic heterocycles. The van der Waals surface area contributed by atoms with Crippen molar-refractivity contribution in [3.05, 3.63) is 165 Å². The van der Waals surface area contributed by atoms with Crippen molar-refractivity contribution in [3.63, 3.8) is 0 Å². The molecule has 0 aliphatic carbocycles. The van der Waals surface area contributed by atoms with E-state index >= 15 is 0 Å². The monoisotopic (exact) mass is 717 g/mol. The molecule has 1 aliphatic rings. The lowest BCUT2D eigenvalue weighted by molar-refractivity contribution is 0.0597. The van der Waals surface area contributed by atoms with E-state index in [0.29, 0.717) is 42.9 Å². The fourth-order valence-corrected chi connectivity index (χ4v) is 8.26. The molecule has 6 rings (SSSR count). The number of nitrogens with zero attached hydrogens (tertiary/aromatic N) is 3. The highest BCUT2D eigenvalue weighted by Gasteiger charge is 2.31. The number of amides is 1. The predicted molar refractivity (Wildman–Crippen MR) is 190 cm³/mol. The van der Waals surface area contributed by atoms with E-state index in [-0.39, 0.29) is 35.1 Å². The molecule has 5 aromatic carbocycles. The lowest BCUT2D eigenvalue weighted by Crippen LogP contribution is -2.49. The van der Waals surface area contributed by atoms with Crippen LogP contribution in [0.1, 0.15) is 38.7 Å². The molecule has 1 amide bonds. The summed E-state index contributed by atoms with van der Waals surface area (Å²) in [6.07, 6.45) is 0. The van der Waals surface area contributed by atoms with Crippen LogP contribution in [0.25, 0.3) is 0 Å². The highest BCUT2D eigenvalue weighted by molar-refractivity contribution is 7.89. The van der Waals surface area contributed by atoms with Crippen LogP contribution in [-0.4, -0.2) is 59.7 Å². The first kappa shape index (κ1) is 34.6. The molecule has 0 unspecified atom stereocenters. The number of piperazine rings is 1. The Kier molecular flexibility index (Phi) is 10.7. The van der Waals surface area contributed by atoms with Crippen LogP contribution >= 0.6 is 23.2 Å². The molecule has 7 nitrogen and oxygen atoms in total. The number of benzene rings is 5. The summed E-state index contributed by atoms with van der Waals surface area (Å²) in [4.78, 5) is 17.4. The summed E-state index contributed by atoms with van der Waals surface area (Å²) in [5.74, 6) is -1.17. The van der Waals surface area contributed by atoms with Gasteiger partial charge in [-0.1, -0.05) is 108 Å². The minimum atomic E-state index is -4.34. The predicted octanol–water partition coefficient (Wildman–Crippen LogP) is 7.78. The van der Waals surface area contributed by atoms with Crippen LogP contribution in [0, 0.1) is 5.82 Å². The molecule has 0 atom stereocenters. The van der Waals surface area contributed by atoms with E-state index < -0.39 is 26.5 Å². The molecular weight excluding hydrogens is 684 g/mol. The van der Waals surface area contributed by atoms with Crippen molar-refractivity contribution in [1.29, 1.82) is 0 Å². The molecule has 49 heavy (non-hydrogen) atoms. The summed E-state index contributed by atoms with van der Waals surface area (Å²) in [5, 5.41) is 10.4. The molecule has 1 fully saturated rings. The molecule has 11 heteroatoms. The van der Waals surface area contributed by atoms with Gasteiger partial charge in [0.25, 0.3) is 5.91 Å². The Balaban J connectivity index is 1.17. The number of phenols is 1. The Morgan fingerprint density at radius 1 is 0.755 bits per heavy atom. The maximum Gasteiger partial charge on any atom is 0.253 e. The summed E-state index contributed by atoms with van der Waals surface area (Å²) < 4.78 is 42.5. The van der Waals surface area contributed by atoms with Gasteiger partial charge in [0, 0.05) is 49.9 Å². The summed E-state index contributed by atoms with van der Waals surface area (Å²) in [6, 6.07) is 35.5. The number of halogens is 3. The molecule has 5 aromatic rings. The van der Waals surface area contributed by atoms with Gasteiger partial charge in [-0.2, -0.15) is 4.31 Å². The number of carbonyl (C=O) groups excluding carboxylic acids is 1. The molecule has 1 saturated heterocycles. The van der Waals surface area contributed by atoms with Crippen LogP contribution in [-0.2, 0) is 23.1 Å². The van der Waals surface area contributed by atoms with Crippen LogP contribution in [0.3, 0.4) is 0 Å². The quantitative estimate of drug-likeness (QED) is 0.160. The topological polar surface area (TPSA) is 81.2 Å². The first-order valence-electron chi connectivity index (χ1n) is 15.7. The maximum atomic E-state index is 13.9. The number of hydrogen-bond acceptors (Lipinski definition) is 5. The van der Waals surface area contributed by atoms with Crippen LogP contribution in [0.2, 0.25) is 10.0 Å². The smallest absolute Gasteiger partial charge is 0.253 e. The van der Waals surface area contributed by atoms with Crippen molar-refractivity contribution in [2.45, 2.75) is 24.0 Å². The fraction of sp³-hybridized carbons (Fsp3) is 0.184. The molecule has 0 saturated carbocycles. The van der Waals surface area contributed by atoms with Gasteiger partial charge >= 0.3 is 0 Å². The molecule has 1 heterocycles. The Bertz CT molecular complexity index is 1970. The molecule has 0 spiro atoms. The number of sulfonamides is 1. The van der Waals surface area contributed by atoms with Crippen LogP contribution in [0.4, 0.5) is 4.39 Å². The Morgan fingerprint density at radius 2 is 1.27 bits per heavy atom. The lowest BCUT2D eigenvalue weighted by Gasteiger charge is -2.39. The summed E-state index contributed by atoms with van der Waals surface area (Å²) in [6.45, 7) is 2.31. The van der Waals surface area contributed by atoms with Gasteiger partial charge in [0.1, 0.15) is 10.7 Å². The van der Waals surface area contributed by atoms with Crippen LogP contribution in [0.5, 0.6) is 5.75 Å². The highest BCUT2D eigenvalue weighted by Crippen LogP contribution is 2.37. The van der Waals surface area contributed by atoms with Crippen molar-refractivity contribution in [2.75, 3.05) is 26.2 Å². The van der Waals surface area contributed by atoms with Gasteiger partial charge < -0.3 is 10.0 Å². The zero-order valence-corrected chi connectivity index (χ0v) is 28.8. The Hall–Kier alpha value is -4.25. The summed E-state index contributed by atoms with van der Waals surface area (Å²) in [7, 11) is -4.34. The van der Waals surface area contributed by atoms with Crippen LogP contribution in [0.15, 0.2) is 126 Å². The number of phenolic OH excluding ortho intramolecular Hbond substituents is 1. The second kappa shape index (κ2) is 15.1. The number of carbonyl (C=O) groups is 1. The number of rotatable bonds is 10. The molecule has 0 bridgehead atoms. The molecule has 1 N–H and O–H groups in total. The van der Waals surface area contributed by atoms with Gasteiger partial charge in [0.05, 0.1) is 11.1 Å². The van der Waals surface area contributed by atoms with Gasteiger partial charge in [-0.3, -0.25) is 9.69 Å². The highest BCUT2D eigenvalue weighted by atomic mass is 35.5. The third kappa shape index (κ3) is 7.98. The Morgan fingerprint density at radius 3 is 1.80 bits per heavy atom. The largest absolute Gasteiger partial charge is 0.505 e. The molecular formula is C38H34Cl2FN3O4S. The SMILES string of the molecule is O=C(c1ccc(CN(Cc2ccc(F)cc2)S(=O)(=O)c2cc(Cl)cc(Cl)c2O)cc1)N1CCN(C(c2ccccc2)c2ccccc2)CC1. The van der Waals surface area contributed by atoms with E-state index in [0.717, 1.165) is 10.4 Å².